The van der Waals surface area contributed by atoms with E-state index in [1.165, 1.54) is 17.2 Å². The number of fused-ring (bicyclic) bond motifs is 2. The number of carbonyl (C=O) groups excluding carboxylic acids is 5. The standard InChI is InChI=1S/C42H63N9O12S/c1-42(49-50-42)16-15-33(55)63-37-36(56)30(62-40(37)51-26-46-35-38(43)44-25-45-39(35)51)23-61-32(54)14-8-12-28(53)11-5-7-18-59-20-22-60-21-19-58-17-6-4-10-27(52)9-2-3-13-31-34-29(24-64-31)47-41(57)48-34/h25-26,29-31,34,36-37,40,56H,2-24H2,1H3,(H2,43,44,45)(H2,47,48,57)/t29-,30-,31+,34-,36+,37-,40-/m1/s1. The molecular weight excluding hydrogens is 855 g/mol. The number of ketones is 2. The van der Waals surface area contributed by atoms with Gasteiger partial charge in [0.15, 0.2) is 29.5 Å². The van der Waals surface area contributed by atoms with Gasteiger partial charge in [0, 0.05) is 69.2 Å². The number of anilines is 1. The fourth-order valence-electron chi connectivity index (χ4n) is 7.83. The van der Waals surface area contributed by atoms with Gasteiger partial charge < -0.3 is 49.9 Å². The molecule has 0 unspecified atom stereocenters. The molecule has 3 saturated heterocycles. The van der Waals surface area contributed by atoms with Gasteiger partial charge in [-0.25, -0.2) is 19.7 Å². The maximum absolute atomic E-state index is 12.8. The Kier molecular flexibility index (Phi) is 19.0. The first-order valence-corrected chi connectivity index (χ1v) is 23.6. The van der Waals surface area contributed by atoms with Gasteiger partial charge in [0.25, 0.3) is 0 Å². The number of aromatic nitrogens is 4. The van der Waals surface area contributed by atoms with Gasteiger partial charge in [-0.1, -0.05) is 6.42 Å². The smallest absolute Gasteiger partial charge is 0.315 e. The van der Waals surface area contributed by atoms with Crippen molar-refractivity contribution in [2.45, 2.75) is 151 Å². The molecule has 3 fully saturated rings. The van der Waals surface area contributed by atoms with Gasteiger partial charge in [-0.3, -0.25) is 23.7 Å². The number of ether oxygens (including phenoxy) is 6. The third kappa shape index (κ3) is 15.1. The average molecular weight is 918 g/mol. The highest BCUT2D eigenvalue weighted by Crippen LogP contribution is 2.37. The SMILES string of the molecule is CC1(CCC(=O)O[C@@H]2[C@@H](O)[C@@H](COC(=O)CCCC(=O)CCCCOCCOCCOCCCCC(=O)CCCC[C@@H]3SC[C@H]4NC(=O)N[C@@H]34)O[C@H]2n2cnc3c(N)ncnc32)N=N1. The van der Waals surface area contributed by atoms with E-state index in [4.69, 9.17) is 34.2 Å². The van der Waals surface area contributed by atoms with Gasteiger partial charge in [-0.2, -0.15) is 22.0 Å². The number of Topliss-reactive ketones (excluding diaryl/α,β-unsaturated/α-hetero) is 2. The molecule has 5 N–H and O–H groups in total. The highest BCUT2D eigenvalue weighted by molar-refractivity contribution is 8.00. The van der Waals surface area contributed by atoms with Crippen molar-refractivity contribution >= 4 is 58.3 Å². The fourth-order valence-corrected chi connectivity index (χ4v) is 9.37. The van der Waals surface area contributed by atoms with Crippen LogP contribution in [-0.4, -0.2) is 147 Å². The van der Waals surface area contributed by atoms with Crippen LogP contribution < -0.4 is 16.4 Å². The van der Waals surface area contributed by atoms with E-state index in [1.54, 1.807) is 6.92 Å². The number of esters is 2. The van der Waals surface area contributed by atoms with Gasteiger partial charge >= 0.3 is 18.0 Å². The molecule has 7 atom stereocenters. The molecule has 21 nitrogen and oxygen atoms in total. The Morgan fingerprint density at radius 3 is 2.19 bits per heavy atom. The molecule has 0 bridgehead atoms. The summed E-state index contributed by atoms with van der Waals surface area (Å²) in [6, 6.07) is 0.399. The maximum Gasteiger partial charge on any atom is 0.315 e. The number of nitrogens with two attached hydrogens (primary N) is 1. The minimum Gasteiger partial charge on any atom is -0.463 e. The first kappa shape index (κ1) is 49.1. The van der Waals surface area contributed by atoms with Gasteiger partial charge in [0.1, 0.15) is 42.2 Å². The number of hydrogen-bond donors (Lipinski definition) is 4. The van der Waals surface area contributed by atoms with Crippen LogP contribution in [-0.2, 0) is 47.6 Å². The number of nitrogens with zero attached hydrogens (tertiary/aromatic N) is 6. The molecule has 0 saturated carbocycles. The zero-order chi connectivity index (χ0) is 45.3. The number of aliphatic hydroxyl groups excluding tert-OH is 1. The lowest BCUT2D eigenvalue weighted by Crippen LogP contribution is -2.37. The molecular formula is C42H63N9O12S. The third-order valence-corrected chi connectivity index (χ3v) is 13.1. The van der Waals surface area contributed by atoms with Crippen molar-refractivity contribution in [2.75, 3.05) is 57.7 Å². The van der Waals surface area contributed by atoms with Crippen molar-refractivity contribution in [3.05, 3.63) is 12.7 Å². The summed E-state index contributed by atoms with van der Waals surface area (Å²) in [6.45, 7) is 4.41. The number of imidazole rings is 1. The summed E-state index contributed by atoms with van der Waals surface area (Å²) in [4.78, 5) is 73.9. The molecule has 2 aromatic rings. The zero-order valence-corrected chi connectivity index (χ0v) is 37.4. The molecule has 4 aliphatic rings. The van der Waals surface area contributed by atoms with Crippen LogP contribution in [0.4, 0.5) is 10.6 Å². The van der Waals surface area contributed by atoms with Crippen LogP contribution in [0.15, 0.2) is 22.9 Å². The minimum absolute atomic E-state index is 0.00750. The summed E-state index contributed by atoms with van der Waals surface area (Å²) < 4.78 is 35.4. The molecule has 6 rings (SSSR count). The second-order valence-corrected chi connectivity index (χ2v) is 18.0. The van der Waals surface area contributed by atoms with Gasteiger partial charge in [0.05, 0.1) is 44.8 Å². The lowest BCUT2D eigenvalue weighted by molar-refractivity contribution is -0.158. The van der Waals surface area contributed by atoms with Crippen LogP contribution in [0.2, 0.25) is 0 Å². The van der Waals surface area contributed by atoms with Crippen molar-refractivity contribution in [1.29, 1.82) is 0 Å². The largest absolute Gasteiger partial charge is 0.463 e. The van der Waals surface area contributed by atoms with Crippen molar-refractivity contribution < 1.29 is 57.5 Å². The summed E-state index contributed by atoms with van der Waals surface area (Å²) in [5.41, 5.74) is 5.95. The van der Waals surface area contributed by atoms with Gasteiger partial charge in [-0.15, -0.1) is 0 Å². The number of nitrogen functional groups attached to an aromatic ring is 1. The zero-order valence-electron chi connectivity index (χ0n) is 36.6. The fraction of sp³-hybridized carbons (Fsp3) is 0.762. The van der Waals surface area contributed by atoms with E-state index in [1.807, 2.05) is 11.8 Å². The van der Waals surface area contributed by atoms with E-state index in [9.17, 15) is 29.1 Å². The summed E-state index contributed by atoms with van der Waals surface area (Å²) in [6.07, 6.45) is 6.49. The first-order valence-electron chi connectivity index (χ1n) is 22.5. The number of unbranched alkanes of at least 4 members (excludes halogenated alkanes) is 3. The number of carbonyl (C=O) groups is 5. The van der Waals surface area contributed by atoms with Crippen LogP contribution in [0.1, 0.15) is 109 Å². The van der Waals surface area contributed by atoms with E-state index in [0.717, 1.165) is 44.3 Å². The number of rotatable bonds is 32. The Morgan fingerprint density at radius 2 is 1.50 bits per heavy atom. The molecule has 0 spiro atoms. The summed E-state index contributed by atoms with van der Waals surface area (Å²) in [7, 11) is 0. The van der Waals surface area contributed by atoms with Gasteiger partial charge in [0.2, 0.25) is 0 Å². The molecule has 0 radical (unpaired) electrons. The van der Waals surface area contributed by atoms with Crippen molar-refractivity contribution in [3.8, 4) is 0 Å². The number of aliphatic hydroxyl groups is 1. The Bertz CT molecular complexity index is 1900. The van der Waals surface area contributed by atoms with Gasteiger partial charge in [-0.05, 0) is 51.9 Å². The molecule has 22 heteroatoms. The quantitative estimate of drug-likeness (QED) is 0.0464. The Balaban J connectivity index is 0.724. The first-order chi connectivity index (χ1) is 31.0. The number of amides is 2. The molecule has 0 aliphatic carbocycles. The van der Waals surface area contributed by atoms with Crippen LogP contribution in [0.5, 0.6) is 0 Å². The topological polar surface area (TPSA) is 279 Å². The molecule has 0 aromatic carbocycles. The van der Waals surface area contributed by atoms with Crippen LogP contribution in [0.25, 0.3) is 11.2 Å². The summed E-state index contributed by atoms with van der Waals surface area (Å²) >= 11 is 1.91. The predicted octanol–water partition coefficient (Wildman–Crippen LogP) is 3.51. The predicted molar refractivity (Wildman–Crippen MR) is 231 cm³/mol. The molecule has 2 amide bonds. The third-order valence-electron chi connectivity index (χ3n) is 11.6. The number of nitrogens with one attached hydrogen (secondary N) is 2. The monoisotopic (exact) mass is 917 g/mol. The van der Waals surface area contributed by atoms with E-state index in [-0.39, 0.29) is 55.6 Å². The Labute approximate surface area is 376 Å². The van der Waals surface area contributed by atoms with Crippen LogP contribution >= 0.6 is 11.8 Å². The second-order valence-electron chi connectivity index (χ2n) is 16.7. The van der Waals surface area contributed by atoms with E-state index in [0.29, 0.717) is 100 Å². The number of urea groups is 1. The highest BCUT2D eigenvalue weighted by atomic mass is 32.2. The van der Waals surface area contributed by atoms with E-state index < -0.39 is 42.1 Å². The second kappa shape index (κ2) is 24.8. The molecule has 354 valence electrons. The Hall–Kier alpha value is -4.35. The van der Waals surface area contributed by atoms with Crippen molar-refractivity contribution in [2.24, 2.45) is 10.2 Å². The molecule has 2 aromatic heterocycles. The lowest BCUT2D eigenvalue weighted by atomic mass is 10.0. The van der Waals surface area contributed by atoms with Crippen LogP contribution in [0, 0.1) is 0 Å². The number of thioether (sulfide) groups is 1. The lowest BCUT2D eigenvalue weighted by Gasteiger charge is -2.22. The molecule has 4 aliphatic heterocycles. The summed E-state index contributed by atoms with van der Waals surface area (Å²) in [5.74, 6) is 0.305. The van der Waals surface area contributed by atoms with E-state index >= 15 is 0 Å². The van der Waals surface area contributed by atoms with E-state index in [2.05, 4.69) is 35.8 Å². The maximum atomic E-state index is 12.8. The number of hydrogen-bond acceptors (Lipinski definition) is 19. The van der Waals surface area contributed by atoms with Crippen LogP contribution in [0.3, 0.4) is 0 Å². The normalized spacial score (nSPS) is 24.1. The molecule has 64 heavy (non-hydrogen) atoms. The average Bonchev–Trinajstić information content (AvgIpc) is 3.57. The highest BCUT2D eigenvalue weighted by Gasteiger charge is 2.49. The Morgan fingerprint density at radius 1 is 0.844 bits per heavy atom. The molecule has 6 heterocycles. The van der Waals surface area contributed by atoms with Crippen molar-refractivity contribution in [1.82, 2.24) is 30.2 Å². The minimum atomic E-state index is -1.35. The summed E-state index contributed by atoms with van der Waals surface area (Å²) in [5, 5.41) is 25.4. The van der Waals surface area contributed by atoms with Crippen molar-refractivity contribution in [3.63, 3.8) is 0 Å².